The third-order valence-electron chi connectivity index (χ3n) is 2.74. The van der Waals surface area contributed by atoms with Crippen molar-refractivity contribution < 1.29 is 0 Å². The second-order valence-corrected chi connectivity index (χ2v) is 4.15. The standard InChI is InChI=1S/C13H18N2/c1-3-11-5-4-6-12-7-8-15(13(11)12)9-10(2)14/h4-8,10H,3,9,14H2,1-2H3. The number of nitrogens with two attached hydrogens (primary N) is 1. The minimum Gasteiger partial charge on any atom is -0.346 e. The summed E-state index contributed by atoms with van der Waals surface area (Å²) in [4.78, 5) is 0. The predicted octanol–water partition coefficient (Wildman–Crippen LogP) is 2.55. The average molecular weight is 202 g/mol. The Morgan fingerprint density at radius 3 is 2.80 bits per heavy atom. The van der Waals surface area contributed by atoms with Crippen molar-refractivity contribution in [3.05, 3.63) is 36.0 Å². The van der Waals surface area contributed by atoms with E-state index >= 15 is 0 Å². The van der Waals surface area contributed by atoms with E-state index in [4.69, 9.17) is 5.73 Å². The van der Waals surface area contributed by atoms with E-state index in [-0.39, 0.29) is 6.04 Å². The van der Waals surface area contributed by atoms with Crippen LogP contribution in [0.25, 0.3) is 10.9 Å². The molecule has 0 saturated heterocycles. The predicted molar refractivity (Wildman–Crippen MR) is 65.0 cm³/mol. The molecule has 0 saturated carbocycles. The number of benzene rings is 1. The smallest absolute Gasteiger partial charge is 0.0513 e. The first-order chi connectivity index (χ1) is 7.22. The molecule has 1 atom stereocenters. The lowest BCUT2D eigenvalue weighted by Gasteiger charge is -2.10. The molecule has 0 spiro atoms. The Hall–Kier alpha value is -1.28. The molecule has 2 aromatic rings. The summed E-state index contributed by atoms with van der Waals surface area (Å²) < 4.78 is 2.26. The number of aryl methyl sites for hydroxylation is 1. The fourth-order valence-electron chi connectivity index (χ4n) is 2.09. The van der Waals surface area contributed by atoms with Gasteiger partial charge >= 0.3 is 0 Å². The topological polar surface area (TPSA) is 30.9 Å². The Morgan fingerprint density at radius 1 is 1.33 bits per heavy atom. The first kappa shape index (κ1) is 10.2. The summed E-state index contributed by atoms with van der Waals surface area (Å²) in [6, 6.07) is 8.84. The van der Waals surface area contributed by atoms with Gasteiger partial charge in [-0.15, -0.1) is 0 Å². The maximum Gasteiger partial charge on any atom is 0.0513 e. The molecule has 0 bridgehead atoms. The molecule has 0 aliphatic carbocycles. The number of rotatable bonds is 3. The first-order valence-corrected chi connectivity index (χ1v) is 5.54. The van der Waals surface area contributed by atoms with Crippen LogP contribution in [0.3, 0.4) is 0 Å². The normalized spacial score (nSPS) is 13.3. The highest BCUT2D eigenvalue weighted by molar-refractivity contribution is 5.83. The fraction of sp³-hybridized carbons (Fsp3) is 0.385. The van der Waals surface area contributed by atoms with Crippen molar-refractivity contribution in [1.82, 2.24) is 4.57 Å². The van der Waals surface area contributed by atoms with E-state index in [9.17, 15) is 0 Å². The Balaban J connectivity index is 2.55. The molecule has 1 aromatic heterocycles. The van der Waals surface area contributed by atoms with Gasteiger partial charge in [0.1, 0.15) is 0 Å². The summed E-state index contributed by atoms with van der Waals surface area (Å²) in [7, 11) is 0. The maximum absolute atomic E-state index is 5.85. The molecule has 0 amide bonds. The Morgan fingerprint density at radius 2 is 2.13 bits per heavy atom. The van der Waals surface area contributed by atoms with Crippen LogP contribution in [0.2, 0.25) is 0 Å². The summed E-state index contributed by atoms with van der Waals surface area (Å²) in [5, 5.41) is 1.31. The second kappa shape index (κ2) is 4.07. The number of hydrogen-bond acceptors (Lipinski definition) is 1. The third-order valence-corrected chi connectivity index (χ3v) is 2.74. The van der Waals surface area contributed by atoms with Gasteiger partial charge in [-0.2, -0.15) is 0 Å². The van der Waals surface area contributed by atoms with E-state index in [2.05, 4.69) is 42.0 Å². The molecule has 2 heteroatoms. The molecule has 0 aliphatic heterocycles. The SMILES string of the molecule is CCc1cccc2ccn(CC(C)N)c12. The van der Waals surface area contributed by atoms with Gasteiger partial charge in [0.05, 0.1) is 5.52 Å². The van der Waals surface area contributed by atoms with Crippen molar-refractivity contribution in [3.8, 4) is 0 Å². The van der Waals surface area contributed by atoms with E-state index in [1.165, 1.54) is 16.5 Å². The van der Waals surface area contributed by atoms with Crippen LogP contribution in [0.4, 0.5) is 0 Å². The third kappa shape index (κ3) is 1.90. The summed E-state index contributed by atoms with van der Waals surface area (Å²) in [5.74, 6) is 0. The van der Waals surface area contributed by atoms with Gasteiger partial charge in [-0.1, -0.05) is 25.1 Å². The molecule has 15 heavy (non-hydrogen) atoms. The van der Waals surface area contributed by atoms with Crippen molar-refractivity contribution in [2.75, 3.05) is 0 Å². The highest BCUT2D eigenvalue weighted by Crippen LogP contribution is 2.20. The lowest BCUT2D eigenvalue weighted by molar-refractivity contribution is 0.604. The summed E-state index contributed by atoms with van der Waals surface area (Å²) in [6.45, 7) is 5.12. The van der Waals surface area contributed by atoms with E-state index in [1.807, 2.05) is 6.92 Å². The van der Waals surface area contributed by atoms with Crippen molar-refractivity contribution in [2.45, 2.75) is 32.9 Å². The molecule has 2 N–H and O–H groups in total. The molecule has 1 heterocycles. The van der Waals surface area contributed by atoms with Crippen LogP contribution in [0, 0.1) is 0 Å². The van der Waals surface area contributed by atoms with Crippen LogP contribution in [0.5, 0.6) is 0 Å². The molecular formula is C13H18N2. The Bertz CT molecular complexity index is 455. The number of fused-ring (bicyclic) bond motifs is 1. The zero-order valence-corrected chi connectivity index (χ0v) is 9.40. The summed E-state index contributed by atoms with van der Waals surface area (Å²) >= 11 is 0. The number of hydrogen-bond donors (Lipinski definition) is 1. The fourth-order valence-corrected chi connectivity index (χ4v) is 2.09. The molecule has 0 fully saturated rings. The summed E-state index contributed by atoms with van der Waals surface area (Å²) in [5.41, 5.74) is 8.59. The second-order valence-electron chi connectivity index (χ2n) is 4.15. The van der Waals surface area contributed by atoms with Crippen LogP contribution >= 0.6 is 0 Å². The van der Waals surface area contributed by atoms with E-state index in [0.717, 1.165) is 13.0 Å². The zero-order chi connectivity index (χ0) is 10.8. The van der Waals surface area contributed by atoms with Gasteiger partial charge in [0.15, 0.2) is 0 Å². The van der Waals surface area contributed by atoms with Crippen LogP contribution in [0.15, 0.2) is 30.5 Å². The monoisotopic (exact) mass is 202 g/mol. The largest absolute Gasteiger partial charge is 0.346 e. The minimum atomic E-state index is 0.200. The van der Waals surface area contributed by atoms with Crippen molar-refractivity contribution in [3.63, 3.8) is 0 Å². The van der Waals surface area contributed by atoms with Crippen LogP contribution in [0.1, 0.15) is 19.4 Å². The molecule has 1 unspecified atom stereocenters. The zero-order valence-electron chi connectivity index (χ0n) is 9.40. The van der Waals surface area contributed by atoms with Crippen molar-refractivity contribution in [1.29, 1.82) is 0 Å². The molecule has 0 radical (unpaired) electrons. The van der Waals surface area contributed by atoms with Gasteiger partial charge in [-0.25, -0.2) is 0 Å². The van der Waals surface area contributed by atoms with Gasteiger partial charge in [0.25, 0.3) is 0 Å². The highest BCUT2D eigenvalue weighted by Gasteiger charge is 2.06. The lowest BCUT2D eigenvalue weighted by Crippen LogP contribution is -2.21. The molecule has 0 aliphatic rings. The number of para-hydroxylation sites is 1. The molecule has 2 rings (SSSR count). The van der Waals surface area contributed by atoms with Crippen molar-refractivity contribution in [2.24, 2.45) is 5.73 Å². The summed E-state index contributed by atoms with van der Waals surface area (Å²) in [6.07, 6.45) is 3.20. The molecule has 80 valence electrons. The molecule has 2 nitrogen and oxygen atoms in total. The number of aromatic nitrogens is 1. The van der Waals surface area contributed by atoms with Crippen LogP contribution < -0.4 is 5.73 Å². The maximum atomic E-state index is 5.85. The quantitative estimate of drug-likeness (QED) is 0.814. The van der Waals surface area contributed by atoms with Gasteiger partial charge in [-0.3, -0.25) is 0 Å². The van der Waals surface area contributed by atoms with Gasteiger partial charge < -0.3 is 10.3 Å². The highest BCUT2D eigenvalue weighted by atomic mass is 15.0. The lowest BCUT2D eigenvalue weighted by atomic mass is 10.1. The van der Waals surface area contributed by atoms with Crippen LogP contribution in [-0.2, 0) is 13.0 Å². The van der Waals surface area contributed by atoms with Gasteiger partial charge in [0, 0.05) is 18.8 Å². The van der Waals surface area contributed by atoms with Gasteiger partial charge in [-0.05, 0) is 30.4 Å². The van der Waals surface area contributed by atoms with Crippen molar-refractivity contribution >= 4 is 10.9 Å². The molecule has 1 aromatic carbocycles. The van der Waals surface area contributed by atoms with E-state index < -0.39 is 0 Å². The minimum absolute atomic E-state index is 0.200. The van der Waals surface area contributed by atoms with Crippen LogP contribution in [-0.4, -0.2) is 10.6 Å². The Labute approximate surface area is 90.7 Å². The van der Waals surface area contributed by atoms with E-state index in [1.54, 1.807) is 0 Å². The van der Waals surface area contributed by atoms with E-state index in [0.29, 0.717) is 0 Å². The average Bonchev–Trinajstić information content (AvgIpc) is 2.61. The molecular weight excluding hydrogens is 184 g/mol. The first-order valence-electron chi connectivity index (χ1n) is 5.54. The van der Waals surface area contributed by atoms with Gasteiger partial charge in [0.2, 0.25) is 0 Å². The Kier molecular flexibility index (Phi) is 2.78. The number of nitrogens with zero attached hydrogens (tertiary/aromatic N) is 1.